The Labute approximate surface area is 140 Å². The number of alkyl halides is 3. The van der Waals surface area contributed by atoms with E-state index in [9.17, 15) is 18.0 Å². The van der Waals surface area contributed by atoms with Gasteiger partial charge in [0.15, 0.2) is 0 Å². The Morgan fingerprint density at radius 1 is 0.958 bits per heavy atom. The van der Waals surface area contributed by atoms with Crippen LogP contribution in [0.25, 0.3) is 10.8 Å². The zero-order valence-corrected chi connectivity index (χ0v) is 12.9. The smallest absolute Gasteiger partial charge is 0.416 e. The second-order valence-electron chi connectivity index (χ2n) is 5.09. The number of carbonyl (C=O) groups is 1. The number of fused-ring (bicyclic) bond motifs is 1. The van der Waals surface area contributed by atoms with Crippen LogP contribution in [0.1, 0.15) is 15.9 Å². The van der Waals surface area contributed by atoms with Gasteiger partial charge in [-0.1, -0.05) is 12.1 Å². The van der Waals surface area contributed by atoms with Gasteiger partial charge >= 0.3 is 6.18 Å². The number of carbonyl (C=O) groups excluding carboxylic acids is 1. The lowest BCUT2D eigenvalue weighted by atomic mass is 10.1. The van der Waals surface area contributed by atoms with E-state index in [-0.39, 0.29) is 5.75 Å². The van der Waals surface area contributed by atoms with Crippen molar-refractivity contribution in [1.82, 2.24) is 0 Å². The summed E-state index contributed by atoms with van der Waals surface area (Å²) in [6, 6.07) is 14.5. The monoisotopic (exact) mass is 350 g/mol. The molecule has 0 radical (unpaired) electrons. The van der Waals surface area contributed by atoms with Crippen LogP contribution >= 0.6 is 11.6 Å². The van der Waals surface area contributed by atoms with E-state index in [0.29, 0.717) is 11.3 Å². The minimum absolute atomic E-state index is 0.285. The highest BCUT2D eigenvalue weighted by atomic mass is 35.5. The molecule has 3 aromatic carbocycles. The molecule has 0 N–H and O–H groups in total. The molecule has 122 valence electrons. The number of rotatable bonds is 3. The largest absolute Gasteiger partial charge is 0.457 e. The van der Waals surface area contributed by atoms with Crippen molar-refractivity contribution in [2.45, 2.75) is 6.18 Å². The van der Waals surface area contributed by atoms with Gasteiger partial charge in [-0.25, -0.2) is 0 Å². The fourth-order valence-electron chi connectivity index (χ4n) is 2.30. The predicted octanol–water partition coefficient (Wildman–Crippen LogP) is 6.03. The van der Waals surface area contributed by atoms with Crippen LogP contribution in [0.3, 0.4) is 0 Å². The van der Waals surface area contributed by atoms with Gasteiger partial charge in [0.2, 0.25) is 0 Å². The zero-order chi connectivity index (χ0) is 17.3. The molecule has 0 aliphatic rings. The Morgan fingerprint density at radius 3 is 2.29 bits per heavy atom. The summed E-state index contributed by atoms with van der Waals surface area (Å²) in [4.78, 5) is 11.2. The lowest BCUT2D eigenvalue weighted by molar-refractivity contribution is -0.137. The summed E-state index contributed by atoms with van der Waals surface area (Å²) in [7, 11) is 0. The first-order chi connectivity index (χ1) is 11.3. The van der Waals surface area contributed by atoms with Gasteiger partial charge in [-0.05, 0) is 65.5 Å². The van der Waals surface area contributed by atoms with E-state index in [1.165, 1.54) is 12.1 Å². The van der Waals surface area contributed by atoms with Crippen molar-refractivity contribution in [3.8, 4) is 11.5 Å². The third kappa shape index (κ3) is 3.36. The standard InChI is InChI=1S/C18H10ClF3O2/c19-17(23)12-4-9-15-11(10-12)2-1-3-16(15)24-14-7-5-13(6-8-14)18(20,21)22/h1-10H. The molecule has 0 aromatic heterocycles. The van der Waals surface area contributed by atoms with Gasteiger partial charge in [0.25, 0.3) is 5.24 Å². The normalized spacial score (nSPS) is 11.5. The van der Waals surface area contributed by atoms with E-state index >= 15 is 0 Å². The molecule has 2 nitrogen and oxygen atoms in total. The van der Waals surface area contributed by atoms with Crippen molar-refractivity contribution in [3.05, 3.63) is 71.8 Å². The fourth-order valence-corrected chi connectivity index (χ4v) is 2.42. The summed E-state index contributed by atoms with van der Waals surface area (Å²) in [6.45, 7) is 0. The van der Waals surface area contributed by atoms with Crippen LogP contribution in [0.4, 0.5) is 13.2 Å². The van der Waals surface area contributed by atoms with Crippen LogP contribution in [-0.2, 0) is 6.18 Å². The molecule has 24 heavy (non-hydrogen) atoms. The molecule has 0 atom stereocenters. The minimum atomic E-state index is -4.39. The Hall–Kier alpha value is -2.53. The highest BCUT2D eigenvalue weighted by molar-refractivity contribution is 6.67. The predicted molar refractivity (Wildman–Crippen MR) is 85.6 cm³/mol. The first-order valence-corrected chi connectivity index (χ1v) is 7.30. The lowest BCUT2D eigenvalue weighted by Gasteiger charge is -2.11. The summed E-state index contributed by atoms with van der Waals surface area (Å²) < 4.78 is 43.4. The van der Waals surface area contributed by atoms with E-state index in [2.05, 4.69) is 0 Å². The van der Waals surface area contributed by atoms with Gasteiger partial charge < -0.3 is 4.74 Å². The maximum Gasteiger partial charge on any atom is 0.416 e. The van der Waals surface area contributed by atoms with Crippen LogP contribution in [0.5, 0.6) is 11.5 Å². The Morgan fingerprint density at radius 2 is 1.67 bits per heavy atom. The summed E-state index contributed by atoms with van der Waals surface area (Å²) in [5.41, 5.74) is -0.381. The van der Waals surface area contributed by atoms with Crippen molar-refractivity contribution in [2.75, 3.05) is 0 Å². The molecular formula is C18H10ClF3O2. The van der Waals surface area contributed by atoms with Gasteiger partial charge in [0.05, 0.1) is 5.56 Å². The maximum atomic E-state index is 12.6. The molecule has 0 spiro atoms. The van der Waals surface area contributed by atoms with E-state index < -0.39 is 17.0 Å². The number of ether oxygens (including phenoxy) is 1. The highest BCUT2D eigenvalue weighted by Crippen LogP contribution is 2.33. The fraction of sp³-hybridized carbons (Fsp3) is 0.0556. The Balaban J connectivity index is 1.94. The van der Waals surface area contributed by atoms with Crippen molar-refractivity contribution >= 4 is 27.6 Å². The summed E-state index contributed by atoms with van der Waals surface area (Å²) in [6.07, 6.45) is -4.39. The second kappa shape index (κ2) is 6.17. The number of hydrogen-bond acceptors (Lipinski definition) is 2. The average Bonchev–Trinajstić information content (AvgIpc) is 2.54. The Bertz CT molecular complexity index is 902. The van der Waals surface area contributed by atoms with E-state index in [0.717, 1.165) is 22.9 Å². The van der Waals surface area contributed by atoms with Crippen molar-refractivity contribution in [2.24, 2.45) is 0 Å². The topological polar surface area (TPSA) is 26.3 Å². The van der Waals surface area contributed by atoms with Gasteiger partial charge in [-0.15, -0.1) is 0 Å². The van der Waals surface area contributed by atoms with Crippen LogP contribution in [0, 0.1) is 0 Å². The third-order valence-corrected chi connectivity index (χ3v) is 3.70. The number of halogens is 4. The quantitative estimate of drug-likeness (QED) is 0.539. The third-order valence-electron chi connectivity index (χ3n) is 3.48. The molecule has 3 aromatic rings. The highest BCUT2D eigenvalue weighted by Gasteiger charge is 2.30. The first kappa shape index (κ1) is 16.3. The van der Waals surface area contributed by atoms with E-state index in [1.54, 1.807) is 36.4 Å². The summed E-state index contributed by atoms with van der Waals surface area (Å²) in [5, 5.41) is 0.899. The van der Waals surface area contributed by atoms with Gasteiger partial charge in [-0.3, -0.25) is 4.79 Å². The van der Waals surface area contributed by atoms with Gasteiger partial charge in [-0.2, -0.15) is 13.2 Å². The van der Waals surface area contributed by atoms with Gasteiger partial charge in [0.1, 0.15) is 11.5 Å². The molecule has 0 fully saturated rings. The van der Waals surface area contributed by atoms with E-state index in [4.69, 9.17) is 16.3 Å². The molecule has 3 rings (SSSR count). The first-order valence-electron chi connectivity index (χ1n) is 6.92. The van der Waals surface area contributed by atoms with Crippen LogP contribution < -0.4 is 4.74 Å². The lowest BCUT2D eigenvalue weighted by Crippen LogP contribution is -2.04. The SMILES string of the molecule is O=C(Cl)c1ccc2c(Oc3ccc(C(F)(F)F)cc3)cccc2c1. The molecule has 0 aliphatic carbocycles. The van der Waals surface area contributed by atoms with Crippen molar-refractivity contribution in [3.63, 3.8) is 0 Å². The van der Waals surface area contributed by atoms with Gasteiger partial charge in [0, 0.05) is 10.9 Å². The average molecular weight is 351 g/mol. The molecule has 0 bridgehead atoms. The zero-order valence-electron chi connectivity index (χ0n) is 12.1. The summed E-state index contributed by atoms with van der Waals surface area (Å²) >= 11 is 5.46. The van der Waals surface area contributed by atoms with Crippen molar-refractivity contribution < 1.29 is 22.7 Å². The second-order valence-corrected chi connectivity index (χ2v) is 5.43. The summed E-state index contributed by atoms with van der Waals surface area (Å²) in [5.74, 6) is 0.758. The molecule has 0 saturated heterocycles. The molecular weight excluding hydrogens is 341 g/mol. The minimum Gasteiger partial charge on any atom is -0.457 e. The molecule has 0 amide bonds. The van der Waals surface area contributed by atoms with Crippen LogP contribution in [-0.4, -0.2) is 5.24 Å². The molecule has 0 saturated carbocycles. The molecule has 0 heterocycles. The Kier molecular flexibility index (Phi) is 4.20. The van der Waals surface area contributed by atoms with Crippen molar-refractivity contribution in [1.29, 1.82) is 0 Å². The molecule has 6 heteroatoms. The molecule has 0 aliphatic heterocycles. The number of hydrogen-bond donors (Lipinski definition) is 0. The number of benzene rings is 3. The van der Waals surface area contributed by atoms with Crippen LogP contribution in [0.15, 0.2) is 60.7 Å². The molecule has 0 unspecified atom stereocenters. The van der Waals surface area contributed by atoms with Crippen LogP contribution in [0.2, 0.25) is 0 Å². The van der Waals surface area contributed by atoms with E-state index in [1.807, 2.05) is 0 Å². The maximum absolute atomic E-state index is 12.6.